The Balaban J connectivity index is 2.05. The SMILES string of the molecule is C=CCN([C@H]1CCCC=C1c1ccc(OC)c(OC)c1)S(=O)(=O)c1ccc(C)cc1. The Morgan fingerprint density at radius 1 is 1.10 bits per heavy atom. The van der Waals surface area contributed by atoms with E-state index in [-0.39, 0.29) is 12.6 Å². The highest BCUT2D eigenvalue weighted by Crippen LogP contribution is 2.37. The van der Waals surface area contributed by atoms with E-state index in [0.717, 1.165) is 36.0 Å². The molecule has 0 aromatic heterocycles. The number of rotatable bonds is 8. The number of hydrogen-bond donors (Lipinski definition) is 0. The van der Waals surface area contributed by atoms with Crippen LogP contribution >= 0.6 is 0 Å². The number of nitrogens with zero attached hydrogens (tertiary/aromatic N) is 1. The predicted molar refractivity (Wildman–Crippen MR) is 120 cm³/mol. The van der Waals surface area contributed by atoms with Gasteiger partial charge in [-0.15, -0.1) is 6.58 Å². The molecule has 0 saturated carbocycles. The molecule has 1 aliphatic rings. The molecular formula is C24H29NO4S. The molecule has 0 spiro atoms. The standard InChI is InChI=1S/C24H29NO4S/c1-5-16-25(30(26,27)20-13-10-18(2)11-14-20)22-9-7-6-8-21(22)19-12-15-23(28-3)24(17-19)29-4/h5,8,10-15,17,22H,1,6-7,9,16H2,2-4H3/t22-/m0/s1. The van der Waals surface area contributed by atoms with Crippen LogP contribution in [-0.2, 0) is 10.0 Å². The molecule has 6 heteroatoms. The second-order valence-electron chi connectivity index (χ2n) is 7.35. The van der Waals surface area contributed by atoms with Crippen molar-refractivity contribution in [3.8, 4) is 11.5 Å². The molecule has 0 amide bonds. The van der Waals surface area contributed by atoms with E-state index < -0.39 is 10.0 Å². The first-order valence-corrected chi connectivity index (χ1v) is 11.5. The Morgan fingerprint density at radius 2 is 1.80 bits per heavy atom. The lowest BCUT2D eigenvalue weighted by Crippen LogP contribution is -2.42. The number of hydrogen-bond acceptors (Lipinski definition) is 4. The molecule has 0 aliphatic heterocycles. The molecule has 3 rings (SSSR count). The first-order chi connectivity index (χ1) is 14.4. The highest BCUT2D eigenvalue weighted by atomic mass is 32.2. The van der Waals surface area contributed by atoms with E-state index in [2.05, 4.69) is 12.7 Å². The average molecular weight is 428 g/mol. The van der Waals surface area contributed by atoms with Crippen molar-refractivity contribution >= 4 is 15.6 Å². The Bertz CT molecular complexity index is 1030. The highest BCUT2D eigenvalue weighted by Gasteiger charge is 2.34. The molecule has 5 nitrogen and oxygen atoms in total. The van der Waals surface area contributed by atoms with Gasteiger partial charge in [0.2, 0.25) is 10.0 Å². The van der Waals surface area contributed by atoms with Crippen molar-refractivity contribution in [1.29, 1.82) is 0 Å². The largest absolute Gasteiger partial charge is 0.493 e. The number of benzene rings is 2. The van der Waals surface area contributed by atoms with Gasteiger partial charge in [-0.05, 0) is 61.6 Å². The lowest BCUT2D eigenvalue weighted by atomic mass is 9.88. The van der Waals surface area contributed by atoms with E-state index >= 15 is 0 Å². The number of methoxy groups -OCH3 is 2. The third kappa shape index (κ3) is 4.45. The van der Waals surface area contributed by atoms with E-state index in [1.165, 1.54) is 0 Å². The van der Waals surface area contributed by atoms with Gasteiger partial charge in [0.25, 0.3) is 0 Å². The summed E-state index contributed by atoms with van der Waals surface area (Å²) in [6, 6.07) is 12.4. The molecule has 160 valence electrons. The maximum atomic E-state index is 13.5. The van der Waals surface area contributed by atoms with Crippen molar-refractivity contribution in [2.24, 2.45) is 0 Å². The van der Waals surface area contributed by atoms with E-state index in [0.29, 0.717) is 16.4 Å². The smallest absolute Gasteiger partial charge is 0.243 e. The van der Waals surface area contributed by atoms with Crippen LogP contribution in [0.25, 0.3) is 5.57 Å². The molecule has 0 saturated heterocycles. The van der Waals surface area contributed by atoms with Crippen LogP contribution < -0.4 is 9.47 Å². The van der Waals surface area contributed by atoms with Gasteiger partial charge >= 0.3 is 0 Å². The topological polar surface area (TPSA) is 55.8 Å². The first-order valence-electron chi connectivity index (χ1n) is 10.0. The average Bonchev–Trinajstić information content (AvgIpc) is 2.77. The van der Waals surface area contributed by atoms with E-state index in [1.807, 2.05) is 37.3 Å². The minimum atomic E-state index is -3.68. The molecule has 0 heterocycles. The van der Waals surface area contributed by atoms with Crippen molar-refractivity contribution in [2.45, 2.75) is 37.1 Å². The molecule has 0 bridgehead atoms. The fourth-order valence-corrected chi connectivity index (χ4v) is 5.46. The van der Waals surface area contributed by atoms with Crippen LogP contribution in [0.15, 0.2) is 66.1 Å². The predicted octanol–water partition coefficient (Wildman–Crippen LogP) is 4.83. The minimum Gasteiger partial charge on any atom is -0.493 e. The summed E-state index contributed by atoms with van der Waals surface area (Å²) < 4.78 is 39.4. The van der Waals surface area contributed by atoms with Gasteiger partial charge in [-0.2, -0.15) is 4.31 Å². The van der Waals surface area contributed by atoms with Crippen molar-refractivity contribution in [3.05, 3.63) is 72.3 Å². The summed E-state index contributed by atoms with van der Waals surface area (Å²) in [7, 11) is -0.489. The van der Waals surface area contributed by atoms with Crippen LogP contribution in [-0.4, -0.2) is 39.5 Å². The van der Waals surface area contributed by atoms with Crippen LogP contribution in [0.4, 0.5) is 0 Å². The summed E-state index contributed by atoms with van der Waals surface area (Å²) in [5.41, 5.74) is 2.94. The normalized spacial score (nSPS) is 16.8. The molecule has 1 atom stereocenters. The van der Waals surface area contributed by atoms with Gasteiger partial charge in [0.1, 0.15) is 0 Å². The molecule has 0 unspecified atom stereocenters. The molecule has 30 heavy (non-hydrogen) atoms. The van der Waals surface area contributed by atoms with E-state index in [1.54, 1.807) is 36.7 Å². The maximum absolute atomic E-state index is 13.5. The van der Waals surface area contributed by atoms with Gasteiger partial charge in [0, 0.05) is 6.54 Å². The second kappa shape index (κ2) is 9.49. The number of aryl methyl sites for hydroxylation is 1. The van der Waals surface area contributed by atoms with Crippen molar-refractivity contribution in [2.75, 3.05) is 20.8 Å². The molecule has 2 aromatic rings. The Kier molecular flexibility index (Phi) is 7.00. The monoisotopic (exact) mass is 427 g/mol. The molecular weight excluding hydrogens is 398 g/mol. The molecule has 1 aliphatic carbocycles. The van der Waals surface area contributed by atoms with Gasteiger partial charge in [0.15, 0.2) is 11.5 Å². The summed E-state index contributed by atoms with van der Waals surface area (Å²) in [6.07, 6.45) is 6.37. The third-order valence-electron chi connectivity index (χ3n) is 5.41. The van der Waals surface area contributed by atoms with Crippen LogP contribution in [0, 0.1) is 6.92 Å². The lowest BCUT2D eigenvalue weighted by Gasteiger charge is -2.34. The van der Waals surface area contributed by atoms with Gasteiger partial charge in [0.05, 0.1) is 25.2 Å². The number of allylic oxidation sites excluding steroid dienone is 1. The molecule has 2 aromatic carbocycles. The van der Waals surface area contributed by atoms with Crippen LogP contribution in [0.2, 0.25) is 0 Å². The number of ether oxygens (including phenoxy) is 2. The zero-order chi connectivity index (χ0) is 21.7. The summed E-state index contributed by atoms with van der Waals surface area (Å²) >= 11 is 0. The van der Waals surface area contributed by atoms with Crippen LogP contribution in [0.5, 0.6) is 11.5 Å². The van der Waals surface area contributed by atoms with Crippen molar-refractivity contribution in [3.63, 3.8) is 0 Å². The summed E-state index contributed by atoms with van der Waals surface area (Å²) in [6.45, 7) is 5.99. The van der Waals surface area contributed by atoms with Gasteiger partial charge in [-0.1, -0.05) is 35.9 Å². The van der Waals surface area contributed by atoms with E-state index in [4.69, 9.17) is 9.47 Å². The number of sulfonamides is 1. The van der Waals surface area contributed by atoms with Gasteiger partial charge in [-0.3, -0.25) is 0 Å². The Hall–Kier alpha value is -2.57. The lowest BCUT2D eigenvalue weighted by molar-refractivity contribution is 0.354. The van der Waals surface area contributed by atoms with E-state index in [9.17, 15) is 8.42 Å². The fourth-order valence-electron chi connectivity index (χ4n) is 3.85. The van der Waals surface area contributed by atoms with Gasteiger partial charge in [-0.25, -0.2) is 8.42 Å². The second-order valence-corrected chi connectivity index (χ2v) is 9.24. The van der Waals surface area contributed by atoms with Crippen molar-refractivity contribution < 1.29 is 17.9 Å². The Labute approximate surface area is 179 Å². The quantitative estimate of drug-likeness (QED) is 0.567. The molecule has 0 fully saturated rings. The summed E-state index contributed by atoms with van der Waals surface area (Å²) in [5, 5.41) is 0. The fraction of sp³-hybridized carbons (Fsp3) is 0.333. The molecule has 0 N–H and O–H groups in total. The molecule has 0 radical (unpaired) electrons. The van der Waals surface area contributed by atoms with Crippen LogP contribution in [0.1, 0.15) is 30.4 Å². The zero-order valence-corrected chi connectivity index (χ0v) is 18.6. The van der Waals surface area contributed by atoms with Crippen molar-refractivity contribution in [1.82, 2.24) is 4.31 Å². The Morgan fingerprint density at radius 3 is 2.43 bits per heavy atom. The third-order valence-corrected chi connectivity index (χ3v) is 7.29. The maximum Gasteiger partial charge on any atom is 0.243 e. The minimum absolute atomic E-state index is 0.242. The van der Waals surface area contributed by atoms with Gasteiger partial charge < -0.3 is 9.47 Å². The highest BCUT2D eigenvalue weighted by molar-refractivity contribution is 7.89. The summed E-state index contributed by atoms with van der Waals surface area (Å²) in [5.74, 6) is 1.27. The first kappa shape index (κ1) is 22.1. The zero-order valence-electron chi connectivity index (χ0n) is 17.8. The summed E-state index contributed by atoms with van der Waals surface area (Å²) in [4.78, 5) is 0.298. The van der Waals surface area contributed by atoms with Crippen LogP contribution in [0.3, 0.4) is 0 Å².